The van der Waals surface area contributed by atoms with Gasteiger partial charge in [-0.3, -0.25) is 0 Å². The highest BCUT2D eigenvalue weighted by molar-refractivity contribution is 7.80. The average Bonchev–Trinajstić information content (AvgIpc) is 3.07. The summed E-state index contributed by atoms with van der Waals surface area (Å²) in [5, 5.41) is 2.45. The summed E-state index contributed by atoms with van der Waals surface area (Å²) < 4.78 is 6.71. The molecular formula is C22H28OS. The lowest BCUT2D eigenvalue weighted by atomic mass is 9.80. The zero-order chi connectivity index (χ0) is 17.1. The van der Waals surface area contributed by atoms with E-state index in [1.165, 1.54) is 29.2 Å². The van der Waals surface area contributed by atoms with Crippen molar-refractivity contribution in [3.05, 3.63) is 42.0 Å². The van der Waals surface area contributed by atoms with Gasteiger partial charge >= 0.3 is 0 Å². The highest BCUT2D eigenvalue weighted by Crippen LogP contribution is 2.54. The fourth-order valence-electron chi connectivity index (χ4n) is 5.09. The molecular weight excluding hydrogens is 312 g/mol. The summed E-state index contributed by atoms with van der Waals surface area (Å²) in [6.07, 6.45) is 3.01. The summed E-state index contributed by atoms with van der Waals surface area (Å²) in [6.45, 7) is 9.27. The van der Waals surface area contributed by atoms with Crippen LogP contribution in [0.1, 0.15) is 46.1 Å². The molecule has 2 bridgehead atoms. The number of hydrogen-bond acceptors (Lipinski definition) is 2. The average molecular weight is 341 g/mol. The Morgan fingerprint density at radius 3 is 2.50 bits per heavy atom. The van der Waals surface area contributed by atoms with E-state index in [2.05, 4.69) is 64.1 Å². The molecule has 4 rings (SSSR count). The van der Waals surface area contributed by atoms with E-state index in [4.69, 9.17) is 17.4 Å². The van der Waals surface area contributed by atoms with Crippen LogP contribution in [-0.2, 0) is 10.3 Å². The first kappa shape index (κ1) is 16.5. The van der Waals surface area contributed by atoms with E-state index < -0.39 is 0 Å². The molecule has 2 aliphatic rings. The summed E-state index contributed by atoms with van der Waals surface area (Å²) in [5.41, 5.74) is 0.953. The molecule has 2 aromatic rings. The van der Waals surface area contributed by atoms with E-state index in [0.29, 0.717) is 6.10 Å². The van der Waals surface area contributed by atoms with Gasteiger partial charge < -0.3 is 4.74 Å². The van der Waals surface area contributed by atoms with Gasteiger partial charge in [-0.15, -0.1) is 12.6 Å². The third-order valence-corrected chi connectivity index (χ3v) is 7.19. The van der Waals surface area contributed by atoms with Gasteiger partial charge in [-0.2, -0.15) is 0 Å². The zero-order valence-corrected chi connectivity index (χ0v) is 16.0. The van der Waals surface area contributed by atoms with Crippen LogP contribution < -0.4 is 0 Å². The van der Waals surface area contributed by atoms with Crippen LogP contribution in [0.15, 0.2) is 41.3 Å². The molecule has 5 atom stereocenters. The molecule has 0 radical (unpaired) electrons. The van der Waals surface area contributed by atoms with Crippen molar-refractivity contribution in [2.75, 3.05) is 0 Å². The maximum Gasteiger partial charge on any atom is 0.0879 e. The van der Waals surface area contributed by atoms with Crippen LogP contribution in [0.5, 0.6) is 0 Å². The molecule has 2 heteroatoms. The first-order chi connectivity index (χ1) is 11.4. The number of ether oxygens (including phenoxy) is 1. The van der Waals surface area contributed by atoms with Crippen molar-refractivity contribution in [3.63, 3.8) is 0 Å². The molecule has 0 saturated heterocycles. The van der Waals surface area contributed by atoms with Gasteiger partial charge in [0.2, 0.25) is 0 Å². The van der Waals surface area contributed by atoms with Crippen LogP contribution in [0.3, 0.4) is 0 Å². The van der Waals surface area contributed by atoms with Crippen LogP contribution in [0, 0.1) is 23.7 Å². The molecule has 0 aromatic heterocycles. The van der Waals surface area contributed by atoms with Gasteiger partial charge in [-0.05, 0) is 78.8 Å². The Labute approximate surface area is 151 Å². The quantitative estimate of drug-likeness (QED) is 0.668. The number of hydrogen-bond donors (Lipinski definition) is 1. The fraction of sp³-hybridized carbons (Fsp3) is 0.545. The largest absolute Gasteiger partial charge is 0.367 e. The molecule has 128 valence electrons. The van der Waals surface area contributed by atoms with E-state index in [-0.39, 0.29) is 5.60 Å². The molecule has 24 heavy (non-hydrogen) atoms. The highest BCUT2D eigenvalue weighted by atomic mass is 32.1. The summed E-state index contributed by atoms with van der Waals surface area (Å²) in [4.78, 5) is 1.04. The van der Waals surface area contributed by atoms with Crippen molar-refractivity contribution < 1.29 is 4.74 Å². The third-order valence-electron chi connectivity index (χ3n) is 6.82. The molecule has 5 unspecified atom stereocenters. The SMILES string of the molecule is CC1C2CC(OC(C)(C)c3cc(S)c4ccccc4c3)C(C2)C1C. The minimum absolute atomic E-state index is 0.278. The van der Waals surface area contributed by atoms with Gasteiger partial charge in [-0.25, -0.2) is 0 Å². The van der Waals surface area contributed by atoms with E-state index in [1.54, 1.807) is 0 Å². The van der Waals surface area contributed by atoms with E-state index in [1.807, 2.05) is 0 Å². The van der Waals surface area contributed by atoms with Crippen LogP contribution in [0.4, 0.5) is 0 Å². The predicted molar refractivity (Wildman–Crippen MR) is 104 cm³/mol. The Morgan fingerprint density at radius 1 is 1.04 bits per heavy atom. The molecule has 1 nitrogen and oxygen atoms in total. The van der Waals surface area contributed by atoms with Gasteiger partial charge in [0.25, 0.3) is 0 Å². The fourth-order valence-corrected chi connectivity index (χ4v) is 5.44. The monoisotopic (exact) mass is 340 g/mol. The maximum atomic E-state index is 6.71. The lowest BCUT2D eigenvalue weighted by molar-refractivity contribution is -0.109. The molecule has 0 N–H and O–H groups in total. The van der Waals surface area contributed by atoms with Crippen LogP contribution >= 0.6 is 12.6 Å². The Morgan fingerprint density at radius 2 is 1.79 bits per heavy atom. The second-order valence-corrected chi connectivity index (χ2v) is 8.98. The second kappa shape index (κ2) is 5.78. The summed E-state index contributed by atoms with van der Waals surface area (Å²) >= 11 is 4.71. The van der Waals surface area contributed by atoms with Gasteiger partial charge in [-0.1, -0.05) is 38.1 Å². The lowest BCUT2D eigenvalue weighted by Crippen LogP contribution is -2.36. The predicted octanol–water partition coefficient (Wildman–Crippen LogP) is 6.06. The van der Waals surface area contributed by atoms with E-state index in [9.17, 15) is 0 Å². The van der Waals surface area contributed by atoms with Gasteiger partial charge in [0.1, 0.15) is 0 Å². The zero-order valence-electron chi connectivity index (χ0n) is 15.1. The minimum Gasteiger partial charge on any atom is -0.367 e. The molecule has 2 saturated carbocycles. The first-order valence-electron chi connectivity index (χ1n) is 9.27. The van der Waals surface area contributed by atoms with Crippen molar-refractivity contribution in [2.24, 2.45) is 23.7 Å². The smallest absolute Gasteiger partial charge is 0.0879 e. The summed E-state index contributed by atoms with van der Waals surface area (Å²) in [5.74, 6) is 3.26. The molecule has 2 fully saturated rings. The normalized spacial score (nSPS) is 32.6. The lowest BCUT2D eigenvalue weighted by Gasteiger charge is -2.37. The van der Waals surface area contributed by atoms with Crippen molar-refractivity contribution in [2.45, 2.75) is 57.1 Å². The highest BCUT2D eigenvalue weighted by Gasteiger charge is 2.50. The maximum absolute atomic E-state index is 6.71. The number of fused-ring (bicyclic) bond motifs is 3. The standard InChI is InChI=1S/C22H28OS/c1-13-14(2)19-10-16(13)11-20(19)23-22(3,4)17-9-15-7-5-6-8-18(15)21(24)12-17/h5-9,12-14,16,19-20,24H,10-11H2,1-4H3. The second-order valence-electron chi connectivity index (χ2n) is 8.50. The molecule has 2 aromatic carbocycles. The van der Waals surface area contributed by atoms with Crippen molar-refractivity contribution in [3.8, 4) is 0 Å². The number of thiol groups is 1. The minimum atomic E-state index is -0.278. The third kappa shape index (κ3) is 2.59. The number of benzene rings is 2. The Hall–Kier alpha value is -0.990. The molecule has 0 amide bonds. The van der Waals surface area contributed by atoms with Gasteiger partial charge in [0.05, 0.1) is 11.7 Å². The van der Waals surface area contributed by atoms with Crippen LogP contribution in [0.25, 0.3) is 10.8 Å². The van der Waals surface area contributed by atoms with Crippen LogP contribution in [0.2, 0.25) is 0 Å². The van der Waals surface area contributed by atoms with E-state index in [0.717, 1.165) is 28.6 Å². The molecule has 2 aliphatic carbocycles. The molecule has 0 heterocycles. The van der Waals surface area contributed by atoms with Crippen molar-refractivity contribution in [1.29, 1.82) is 0 Å². The Balaban J connectivity index is 1.62. The number of rotatable bonds is 3. The van der Waals surface area contributed by atoms with Gasteiger partial charge in [0.15, 0.2) is 0 Å². The van der Waals surface area contributed by atoms with E-state index >= 15 is 0 Å². The first-order valence-corrected chi connectivity index (χ1v) is 9.71. The molecule has 0 aliphatic heterocycles. The van der Waals surface area contributed by atoms with Crippen LogP contribution in [-0.4, -0.2) is 6.10 Å². The molecule has 0 spiro atoms. The summed E-state index contributed by atoms with van der Waals surface area (Å²) in [6, 6.07) is 12.9. The van der Waals surface area contributed by atoms with Crippen molar-refractivity contribution >= 4 is 23.4 Å². The topological polar surface area (TPSA) is 9.23 Å². The Kier molecular flexibility index (Phi) is 3.97. The summed E-state index contributed by atoms with van der Waals surface area (Å²) in [7, 11) is 0. The van der Waals surface area contributed by atoms with Crippen molar-refractivity contribution in [1.82, 2.24) is 0 Å². The van der Waals surface area contributed by atoms with Gasteiger partial charge in [0, 0.05) is 4.90 Å². The Bertz CT molecular complexity index is 764.